The quantitative estimate of drug-likeness (QED) is 0.852. The van der Waals surface area contributed by atoms with E-state index in [9.17, 15) is 8.42 Å². The van der Waals surface area contributed by atoms with E-state index in [-0.39, 0.29) is 0 Å². The summed E-state index contributed by atoms with van der Waals surface area (Å²) in [4.78, 5) is 0.294. The van der Waals surface area contributed by atoms with Crippen LogP contribution >= 0.6 is 27.3 Å². The predicted molar refractivity (Wildman–Crippen MR) is 77.1 cm³/mol. The number of rotatable bonds is 4. The van der Waals surface area contributed by atoms with E-state index in [0.29, 0.717) is 15.9 Å². The van der Waals surface area contributed by atoms with Crippen LogP contribution in [-0.2, 0) is 16.6 Å². The lowest BCUT2D eigenvalue weighted by molar-refractivity contribution is 0.467. The van der Waals surface area contributed by atoms with E-state index >= 15 is 0 Å². The highest BCUT2D eigenvalue weighted by atomic mass is 79.9. The van der Waals surface area contributed by atoms with E-state index in [2.05, 4.69) is 15.9 Å². The molecule has 1 aromatic heterocycles. The Bertz CT molecular complexity index is 623. The minimum Gasteiger partial charge on any atom is -0.207 e. The van der Waals surface area contributed by atoms with Crippen LogP contribution in [0.3, 0.4) is 0 Å². The summed E-state index contributed by atoms with van der Waals surface area (Å²) >= 11 is 4.83. The number of sulfonamides is 1. The van der Waals surface area contributed by atoms with Crippen molar-refractivity contribution in [3.8, 4) is 0 Å². The Labute approximate surface area is 119 Å². The molecule has 0 aliphatic carbocycles. The normalized spacial score (nSPS) is 11.9. The molecule has 0 amide bonds. The average Bonchev–Trinajstić information content (AvgIpc) is 2.82. The van der Waals surface area contributed by atoms with Crippen molar-refractivity contribution in [2.75, 3.05) is 7.05 Å². The van der Waals surface area contributed by atoms with Crippen molar-refractivity contribution in [3.05, 3.63) is 51.1 Å². The van der Waals surface area contributed by atoms with Gasteiger partial charge in [-0.1, -0.05) is 12.1 Å². The smallest absolute Gasteiger partial charge is 0.207 e. The van der Waals surface area contributed by atoms with Gasteiger partial charge >= 0.3 is 0 Å². The van der Waals surface area contributed by atoms with Gasteiger partial charge in [0.15, 0.2) is 0 Å². The maximum atomic E-state index is 12.4. The molecule has 0 atom stereocenters. The van der Waals surface area contributed by atoms with Gasteiger partial charge in [0.2, 0.25) is 10.0 Å². The fourth-order valence-corrected chi connectivity index (χ4v) is 4.32. The minimum atomic E-state index is -3.45. The minimum absolute atomic E-state index is 0.294. The monoisotopic (exact) mass is 345 g/mol. The van der Waals surface area contributed by atoms with Crippen LogP contribution in [0.4, 0.5) is 0 Å². The number of benzene rings is 1. The molecule has 96 valence electrons. The molecule has 3 nitrogen and oxygen atoms in total. The van der Waals surface area contributed by atoms with Crippen molar-refractivity contribution in [3.63, 3.8) is 0 Å². The number of nitrogens with zero attached hydrogens (tertiary/aromatic N) is 1. The molecule has 0 bridgehead atoms. The lowest BCUT2D eigenvalue weighted by atomic mass is 10.3. The first-order chi connectivity index (χ1) is 8.51. The molecule has 0 fully saturated rings. The van der Waals surface area contributed by atoms with Crippen LogP contribution in [0.2, 0.25) is 0 Å². The Balaban J connectivity index is 2.29. The summed E-state index contributed by atoms with van der Waals surface area (Å²) in [5, 5.41) is 3.89. The van der Waals surface area contributed by atoms with Crippen molar-refractivity contribution < 1.29 is 8.42 Å². The molecule has 2 aromatic rings. The van der Waals surface area contributed by atoms with Crippen molar-refractivity contribution in [1.29, 1.82) is 0 Å². The zero-order valence-electron chi connectivity index (χ0n) is 9.71. The zero-order chi connectivity index (χ0) is 13.2. The molecule has 0 aliphatic rings. The third-order valence-electron chi connectivity index (χ3n) is 2.51. The summed E-state index contributed by atoms with van der Waals surface area (Å²) in [6.07, 6.45) is 0. The summed E-state index contributed by atoms with van der Waals surface area (Å²) in [5.74, 6) is 0. The summed E-state index contributed by atoms with van der Waals surface area (Å²) in [6.45, 7) is 0.382. The number of hydrogen-bond donors (Lipinski definition) is 0. The van der Waals surface area contributed by atoms with Crippen molar-refractivity contribution in [2.45, 2.75) is 11.4 Å². The van der Waals surface area contributed by atoms with Crippen LogP contribution in [0.15, 0.2) is 50.5 Å². The highest BCUT2D eigenvalue weighted by Gasteiger charge is 2.23. The van der Waals surface area contributed by atoms with Gasteiger partial charge < -0.3 is 0 Å². The van der Waals surface area contributed by atoms with Crippen LogP contribution in [0.5, 0.6) is 0 Å². The molecule has 0 saturated carbocycles. The molecule has 1 heterocycles. The van der Waals surface area contributed by atoms with E-state index in [1.807, 2.05) is 16.8 Å². The van der Waals surface area contributed by atoms with Gasteiger partial charge in [-0.15, -0.1) is 0 Å². The van der Waals surface area contributed by atoms with E-state index in [0.717, 1.165) is 5.56 Å². The molecule has 1 aromatic carbocycles. The summed E-state index contributed by atoms with van der Waals surface area (Å²) in [6, 6.07) is 8.77. The second-order valence-electron chi connectivity index (χ2n) is 3.82. The lowest BCUT2D eigenvalue weighted by Crippen LogP contribution is -2.26. The van der Waals surface area contributed by atoms with Gasteiger partial charge in [0, 0.05) is 18.1 Å². The Morgan fingerprint density at radius 1 is 1.28 bits per heavy atom. The summed E-state index contributed by atoms with van der Waals surface area (Å²) in [5.41, 5.74) is 0.998. The summed E-state index contributed by atoms with van der Waals surface area (Å²) in [7, 11) is -1.86. The Kier molecular flexibility index (Phi) is 4.21. The average molecular weight is 346 g/mol. The summed E-state index contributed by atoms with van der Waals surface area (Å²) < 4.78 is 26.7. The van der Waals surface area contributed by atoms with E-state index in [4.69, 9.17) is 0 Å². The van der Waals surface area contributed by atoms with Gasteiger partial charge in [0.25, 0.3) is 0 Å². The maximum absolute atomic E-state index is 12.4. The molecule has 18 heavy (non-hydrogen) atoms. The number of hydrogen-bond acceptors (Lipinski definition) is 3. The fraction of sp³-hybridized carbons (Fsp3) is 0.167. The first-order valence-electron chi connectivity index (χ1n) is 5.24. The van der Waals surface area contributed by atoms with Crippen LogP contribution in [0.1, 0.15) is 5.56 Å². The Hall–Kier alpha value is -0.690. The molecule has 0 aliphatic heterocycles. The highest BCUT2D eigenvalue weighted by Crippen LogP contribution is 2.25. The van der Waals surface area contributed by atoms with Crippen molar-refractivity contribution in [2.24, 2.45) is 0 Å². The molecular formula is C12H12BrNO2S2. The van der Waals surface area contributed by atoms with Gasteiger partial charge in [-0.2, -0.15) is 15.6 Å². The Morgan fingerprint density at radius 2 is 2.00 bits per heavy atom. The van der Waals surface area contributed by atoms with Crippen LogP contribution in [0, 0.1) is 0 Å². The topological polar surface area (TPSA) is 37.4 Å². The van der Waals surface area contributed by atoms with E-state index in [1.54, 1.807) is 42.6 Å². The third kappa shape index (κ3) is 2.83. The van der Waals surface area contributed by atoms with Gasteiger partial charge in [-0.05, 0) is 50.5 Å². The molecular weight excluding hydrogens is 334 g/mol. The lowest BCUT2D eigenvalue weighted by Gasteiger charge is -2.17. The second kappa shape index (κ2) is 5.52. The van der Waals surface area contributed by atoms with Crippen molar-refractivity contribution in [1.82, 2.24) is 4.31 Å². The van der Waals surface area contributed by atoms with Gasteiger partial charge in [-0.25, -0.2) is 8.42 Å². The van der Waals surface area contributed by atoms with Crippen LogP contribution in [-0.4, -0.2) is 19.8 Å². The third-order valence-corrected chi connectivity index (χ3v) is 6.06. The standard InChI is InChI=1S/C12H12BrNO2S2/c1-14(8-10-6-7-17-9-10)18(15,16)12-5-3-2-4-11(12)13/h2-7,9H,8H2,1H3. The molecule has 0 spiro atoms. The molecule has 6 heteroatoms. The second-order valence-corrected chi connectivity index (χ2v) is 7.47. The first-order valence-corrected chi connectivity index (χ1v) is 8.41. The molecule has 0 saturated heterocycles. The van der Waals surface area contributed by atoms with Crippen LogP contribution < -0.4 is 0 Å². The van der Waals surface area contributed by atoms with Gasteiger partial charge in [0.05, 0.1) is 4.90 Å². The van der Waals surface area contributed by atoms with Gasteiger partial charge in [-0.3, -0.25) is 0 Å². The number of thiophene rings is 1. The molecule has 0 unspecified atom stereocenters. The SMILES string of the molecule is CN(Cc1ccsc1)S(=O)(=O)c1ccccc1Br. The predicted octanol–water partition coefficient (Wildman–Crippen LogP) is 3.33. The van der Waals surface area contributed by atoms with Crippen LogP contribution in [0.25, 0.3) is 0 Å². The largest absolute Gasteiger partial charge is 0.244 e. The molecule has 2 rings (SSSR count). The van der Waals surface area contributed by atoms with E-state index in [1.165, 1.54) is 4.31 Å². The van der Waals surface area contributed by atoms with Gasteiger partial charge in [0.1, 0.15) is 0 Å². The van der Waals surface area contributed by atoms with E-state index < -0.39 is 10.0 Å². The molecule has 0 radical (unpaired) electrons. The number of halogens is 1. The Morgan fingerprint density at radius 3 is 2.61 bits per heavy atom. The highest BCUT2D eigenvalue weighted by molar-refractivity contribution is 9.10. The van der Waals surface area contributed by atoms with Crippen molar-refractivity contribution >= 4 is 37.3 Å². The zero-order valence-corrected chi connectivity index (χ0v) is 12.9. The maximum Gasteiger partial charge on any atom is 0.244 e. The fourth-order valence-electron chi connectivity index (χ4n) is 1.55. The first kappa shape index (κ1) is 13.7. The molecule has 0 N–H and O–H groups in total.